The van der Waals surface area contributed by atoms with Crippen molar-refractivity contribution < 1.29 is 9.53 Å². The quantitative estimate of drug-likeness (QED) is 0.792. The number of piperidine rings is 1. The van der Waals surface area contributed by atoms with Crippen molar-refractivity contribution in [2.45, 2.75) is 83.9 Å². The molecule has 1 saturated carbocycles. The second-order valence-corrected chi connectivity index (χ2v) is 8.28. The van der Waals surface area contributed by atoms with Crippen LogP contribution in [0.25, 0.3) is 0 Å². The summed E-state index contributed by atoms with van der Waals surface area (Å²) in [6.45, 7) is 13.6. The van der Waals surface area contributed by atoms with Crippen molar-refractivity contribution in [1.82, 2.24) is 10.2 Å². The third-order valence-electron chi connectivity index (χ3n) is 4.91. The Morgan fingerprint density at radius 3 is 2.61 bits per heavy atom. The van der Waals surface area contributed by atoms with Gasteiger partial charge in [-0.15, -0.1) is 0 Å². The Hall–Kier alpha value is -1.03. The molecule has 0 aromatic heterocycles. The number of amides is 1. The number of carbonyl (C=O) groups excluding carboxylic acids is 1. The van der Waals surface area contributed by atoms with Crippen molar-refractivity contribution in [2.24, 2.45) is 5.92 Å². The highest BCUT2D eigenvalue weighted by atomic mass is 16.6. The molecule has 4 heteroatoms. The first-order valence-electron chi connectivity index (χ1n) is 9.15. The molecule has 132 valence electrons. The summed E-state index contributed by atoms with van der Waals surface area (Å²) in [7, 11) is 0. The van der Waals surface area contributed by atoms with Gasteiger partial charge < -0.3 is 15.0 Å². The molecule has 2 rings (SSSR count). The molecule has 1 aliphatic heterocycles. The van der Waals surface area contributed by atoms with Crippen molar-refractivity contribution in [3.63, 3.8) is 0 Å². The summed E-state index contributed by atoms with van der Waals surface area (Å²) in [5.41, 5.74) is 0.745. The normalized spacial score (nSPS) is 28.7. The highest BCUT2D eigenvalue weighted by Gasteiger charge is 2.40. The molecule has 1 N–H and O–H groups in total. The topological polar surface area (TPSA) is 41.6 Å². The molecule has 0 radical (unpaired) electrons. The molecule has 1 heterocycles. The number of ether oxygens (including phenoxy) is 1. The van der Waals surface area contributed by atoms with Gasteiger partial charge in [-0.25, -0.2) is 4.79 Å². The van der Waals surface area contributed by atoms with Crippen molar-refractivity contribution in [3.8, 4) is 0 Å². The van der Waals surface area contributed by atoms with Gasteiger partial charge in [0, 0.05) is 25.2 Å². The third-order valence-corrected chi connectivity index (χ3v) is 4.91. The van der Waals surface area contributed by atoms with Crippen LogP contribution in [0.4, 0.5) is 4.79 Å². The molecule has 0 bridgehead atoms. The van der Waals surface area contributed by atoms with Gasteiger partial charge in [0.25, 0.3) is 0 Å². The number of rotatable bonds is 4. The summed E-state index contributed by atoms with van der Waals surface area (Å²) in [6, 6.07) is 0.823. The van der Waals surface area contributed by atoms with Gasteiger partial charge in [0.1, 0.15) is 5.60 Å². The molecule has 1 aliphatic carbocycles. The molecular formula is C19H34N2O2. The Bertz CT molecular complexity index is 428. The molecule has 3 unspecified atom stereocenters. The minimum atomic E-state index is -0.424. The fourth-order valence-corrected chi connectivity index (χ4v) is 3.96. The second kappa shape index (κ2) is 7.69. The average molecular weight is 322 g/mol. The first-order valence-corrected chi connectivity index (χ1v) is 9.15. The van der Waals surface area contributed by atoms with Crippen molar-refractivity contribution in [1.29, 1.82) is 0 Å². The minimum absolute atomic E-state index is 0.132. The Morgan fingerprint density at radius 1 is 1.22 bits per heavy atom. The van der Waals surface area contributed by atoms with E-state index >= 15 is 0 Å². The smallest absolute Gasteiger partial charge is 0.410 e. The van der Waals surface area contributed by atoms with Crippen LogP contribution >= 0.6 is 0 Å². The van der Waals surface area contributed by atoms with Crippen LogP contribution in [0.3, 0.4) is 0 Å². The van der Waals surface area contributed by atoms with Gasteiger partial charge in [0.2, 0.25) is 0 Å². The van der Waals surface area contributed by atoms with Crippen molar-refractivity contribution in [2.75, 3.05) is 13.1 Å². The number of nitrogens with one attached hydrogen (secondary N) is 1. The fourth-order valence-electron chi connectivity index (χ4n) is 3.96. The lowest BCUT2D eigenvalue weighted by atomic mass is 9.87. The van der Waals surface area contributed by atoms with Gasteiger partial charge in [-0.3, -0.25) is 0 Å². The molecule has 2 fully saturated rings. The number of carbonyl (C=O) groups is 1. The lowest BCUT2D eigenvalue weighted by molar-refractivity contribution is -0.0000181. The van der Waals surface area contributed by atoms with Gasteiger partial charge in [0.05, 0.1) is 0 Å². The molecule has 4 nitrogen and oxygen atoms in total. The standard InChI is InChI=1S/C19H34N2O2/c1-14(2)13-20-16-10-8-9-15(16)17-11-6-7-12-21(17)18(22)23-19(3,4)5/h15-17,20H,1,6-13H2,2-5H3. The minimum Gasteiger partial charge on any atom is -0.444 e. The van der Waals surface area contributed by atoms with Crippen LogP contribution < -0.4 is 5.32 Å². The number of nitrogens with zero attached hydrogens (tertiary/aromatic N) is 1. The van der Waals surface area contributed by atoms with E-state index in [-0.39, 0.29) is 6.09 Å². The molecule has 2 aliphatic rings. The van der Waals surface area contributed by atoms with Crippen LogP contribution in [0.5, 0.6) is 0 Å². The second-order valence-electron chi connectivity index (χ2n) is 8.28. The summed E-state index contributed by atoms with van der Waals surface area (Å²) in [6.07, 6.45) is 6.94. The van der Waals surface area contributed by atoms with E-state index in [1.807, 2.05) is 25.7 Å². The van der Waals surface area contributed by atoms with E-state index in [0.29, 0.717) is 18.0 Å². The van der Waals surface area contributed by atoms with E-state index < -0.39 is 5.60 Å². The number of hydrogen-bond acceptors (Lipinski definition) is 3. The molecule has 0 aromatic rings. The summed E-state index contributed by atoms with van der Waals surface area (Å²) < 4.78 is 5.65. The Kier molecular flexibility index (Phi) is 6.12. The van der Waals surface area contributed by atoms with E-state index in [9.17, 15) is 4.79 Å². The molecule has 23 heavy (non-hydrogen) atoms. The fraction of sp³-hybridized carbons (Fsp3) is 0.842. The molecule has 3 atom stereocenters. The lowest BCUT2D eigenvalue weighted by Gasteiger charge is -2.41. The largest absolute Gasteiger partial charge is 0.444 e. The maximum absolute atomic E-state index is 12.6. The van der Waals surface area contributed by atoms with Crippen LogP contribution in [-0.2, 0) is 4.74 Å². The van der Waals surface area contributed by atoms with Gasteiger partial charge in [-0.05, 0) is 65.7 Å². The molecule has 0 aromatic carbocycles. The van der Waals surface area contributed by atoms with Crippen LogP contribution in [0.2, 0.25) is 0 Å². The van der Waals surface area contributed by atoms with E-state index in [4.69, 9.17) is 4.74 Å². The maximum Gasteiger partial charge on any atom is 0.410 e. The average Bonchev–Trinajstić information content (AvgIpc) is 2.91. The Labute approximate surface area is 141 Å². The lowest BCUT2D eigenvalue weighted by Crippen LogP contribution is -2.52. The highest BCUT2D eigenvalue weighted by molar-refractivity contribution is 5.68. The molecular weight excluding hydrogens is 288 g/mol. The monoisotopic (exact) mass is 322 g/mol. The molecule has 1 saturated heterocycles. The molecule has 1 amide bonds. The van der Waals surface area contributed by atoms with E-state index in [1.54, 1.807) is 0 Å². The third kappa shape index (κ3) is 5.23. The van der Waals surface area contributed by atoms with Gasteiger partial charge in [-0.2, -0.15) is 0 Å². The number of likely N-dealkylation sites (tertiary alicyclic amines) is 1. The zero-order valence-corrected chi connectivity index (χ0v) is 15.4. The summed E-state index contributed by atoms with van der Waals surface area (Å²) in [5, 5.41) is 3.66. The van der Waals surface area contributed by atoms with Crippen LogP contribution in [0.15, 0.2) is 12.2 Å². The van der Waals surface area contributed by atoms with Crippen LogP contribution in [0, 0.1) is 5.92 Å². The first kappa shape index (κ1) is 18.3. The van der Waals surface area contributed by atoms with Crippen LogP contribution in [0.1, 0.15) is 66.2 Å². The van der Waals surface area contributed by atoms with Gasteiger partial charge in [0.15, 0.2) is 0 Å². The van der Waals surface area contributed by atoms with Crippen molar-refractivity contribution >= 4 is 6.09 Å². The van der Waals surface area contributed by atoms with Crippen molar-refractivity contribution in [3.05, 3.63) is 12.2 Å². The van der Waals surface area contributed by atoms with Gasteiger partial charge in [-0.1, -0.05) is 18.6 Å². The van der Waals surface area contributed by atoms with E-state index in [2.05, 4.69) is 18.8 Å². The maximum atomic E-state index is 12.6. The highest BCUT2D eigenvalue weighted by Crippen LogP contribution is 2.36. The zero-order chi connectivity index (χ0) is 17.0. The Morgan fingerprint density at radius 2 is 1.96 bits per heavy atom. The number of hydrogen-bond donors (Lipinski definition) is 1. The predicted octanol–water partition coefficient (Wildman–Crippen LogP) is 4.11. The van der Waals surface area contributed by atoms with E-state index in [0.717, 1.165) is 25.9 Å². The van der Waals surface area contributed by atoms with E-state index in [1.165, 1.54) is 31.3 Å². The summed E-state index contributed by atoms with van der Waals surface area (Å²) >= 11 is 0. The van der Waals surface area contributed by atoms with Gasteiger partial charge >= 0.3 is 6.09 Å². The SMILES string of the molecule is C=C(C)CNC1CCCC1C1CCCCN1C(=O)OC(C)(C)C. The summed E-state index contributed by atoms with van der Waals surface area (Å²) in [4.78, 5) is 14.6. The Balaban J connectivity index is 2.04. The predicted molar refractivity (Wildman–Crippen MR) is 94.5 cm³/mol. The van der Waals surface area contributed by atoms with Crippen LogP contribution in [-0.4, -0.2) is 41.8 Å². The first-order chi connectivity index (χ1) is 10.8. The zero-order valence-electron chi connectivity index (χ0n) is 15.4. The molecule has 0 spiro atoms. The summed E-state index contributed by atoms with van der Waals surface area (Å²) in [5.74, 6) is 0.544.